The maximum absolute atomic E-state index is 11.6. The number of carbonyl (C=O) groups excluding carboxylic acids is 1. The Hall–Kier alpha value is -1.35. The van der Waals surface area contributed by atoms with Gasteiger partial charge in [-0.2, -0.15) is 0 Å². The van der Waals surface area contributed by atoms with E-state index in [-0.39, 0.29) is 12.5 Å². The van der Waals surface area contributed by atoms with Gasteiger partial charge in [0.2, 0.25) is 5.91 Å². The zero-order chi connectivity index (χ0) is 12.1. The Morgan fingerprint density at radius 3 is 2.12 bits per heavy atom. The van der Waals surface area contributed by atoms with Crippen molar-refractivity contribution in [1.82, 2.24) is 0 Å². The lowest BCUT2D eigenvalue weighted by molar-refractivity contribution is -0.117. The number of para-hydroxylation sites is 1. The Balaban J connectivity index is 3.22. The minimum absolute atomic E-state index is 0.0457. The molecule has 1 aromatic carbocycles. The number of hydrogen-bond donors (Lipinski definition) is 1. The number of anilines is 1. The molecule has 0 aromatic heterocycles. The summed E-state index contributed by atoms with van der Waals surface area (Å²) in [4.78, 5) is 13.3. The van der Waals surface area contributed by atoms with Crippen molar-refractivity contribution in [3.8, 4) is 0 Å². The number of rotatable bonds is 4. The highest BCUT2D eigenvalue weighted by atomic mass is 16.2. The molecule has 0 spiro atoms. The van der Waals surface area contributed by atoms with E-state index in [2.05, 4.69) is 26.0 Å². The molecule has 88 valence electrons. The summed E-state index contributed by atoms with van der Waals surface area (Å²) < 4.78 is 0. The molecule has 0 fully saturated rings. The van der Waals surface area contributed by atoms with Crippen molar-refractivity contribution < 1.29 is 4.79 Å². The SMILES string of the molecule is CCc1cccc(CC)c1N(C)C(=O)CN. The van der Waals surface area contributed by atoms with Crippen molar-refractivity contribution in [2.24, 2.45) is 5.73 Å². The van der Waals surface area contributed by atoms with Crippen LogP contribution in [0.25, 0.3) is 0 Å². The smallest absolute Gasteiger partial charge is 0.240 e. The van der Waals surface area contributed by atoms with Crippen LogP contribution in [0.5, 0.6) is 0 Å². The topological polar surface area (TPSA) is 46.3 Å². The van der Waals surface area contributed by atoms with Crippen molar-refractivity contribution in [2.75, 3.05) is 18.5 Å². The minimum atomic E-state index is -0.0457. The number of aryl methyl sites for hydroxylation is 2. The summed E-state index contributed by atoms with van der Waals surface area (Å²) in [6.45, 7) is 4.25. The van der Waals surface area contributed by atoms with Crippen LogP contribution in [0.15, 0.2) is 18.2 Å². The van der Waals surface area contributed by atoms with E-state index in [4.69, 9.17) is 5.73 Å². The summed E-state index contributed by atoms with van der Waals surface area (Å²) in [5, 5.41) is 0. The van der Waals surface area contributed by atoms with Gasteiger partial charge < -0.3 is 10.6 Å². The normalized spacial score (nSPS) is 10.2. The first-order chi connectivity index (χ1) is 7.65. The van der Waals surface area contributed by atoms with Gasteiger partial charge in [-0.05, 0) is 24.0 Å². The summed E-state index contributed by atoms with van der Waals surface area (Å²) >= 11 is 0. The van der Waals surface area contributed by atoms with Gasteiger partial charge in [0.1, 0.15) is 0 Å². The molecule has 0 saturated heterocycles. The summed E-state index contributed by atoms with van der Waals surface area (Å²) in [5.74, 6) is -0.0457. The first-order valence-corrected chi connectivity index (χ1v) is 5.73. The number of nitrogens with zero attached hydrogens (tertiary/aromatic N) is 1. The van der Waals surface area contributed by atoms with Gasteiger partial charge in [-0.3, -0.25) is 4.79 Å². The van der Waals surface area contributed by atoms with Gasteiger partial charge in [-0.25, -0.2) is 0 Å². The Morgan fingerprint density at radius 2 is 1.75 bits per heavy atom. The standard InChI is InChI=1S/C13H20N2O/c1-4-10-7-6-8-11(5-2)13(10)15(3)12(16)9-14/h6-8H,4-5,9,14H2,1-3H3. The van der Waals surface area contributed by atoms with Gasteiger partial charge in [-0.1, -0.05) is 32.0 Å². The number of hydrogen-bond acceptors (Lipinski definition) is 2. The van der Waals surface area contributed by atoms with Crippen LogP contribution in [-0.2, 0) is 17.6 Å². The molecular formula is C13H20N2O. The molecule has 2 N–H and O–H groups in total. The third-order valence-corrected chi connectivity index (χ3v) is 2.85. The Kier molecular flexibility index (Phi) is 4.50. The Labute approximate surface area is 97.2 Å². The summed E-state index contributed by atoms with van der Waals surface area (Å²) in [6.07, 6.45) is 1.84. The van der Waals surface area contributed by atoms with E-state index in [1.807, 2.05) is 6.07 Å². The molecule has 0 atom stereocenters. The van der Waals surface area contributed by atoms with E-state index in [0.29, 0.717) is 0 Å². The van der Waals surface area contributed by atoms with Gasteiger partial charge in [0.05, 0.1) is 6.54 Å². The van der Waals surface area contributed by atoms with Gasteiger partial charge in [0.25, 0.3) is 0 Å². The molecule has 3 heteroatoms. The number of amides is 1. The lowest BCUT2D eigenvalue weighted by Crippen LogP contribution is -2.33. The summed E-state index contributed by atoms with van der Waals surface area (Å²) in [7, 11) is 1.79. The van der Waals surface area contributed by atoms with Gasteiger partial charge in [0, 0.05) is 12.7 Å². The van der Waals surface area contributed by atoms with E-state index >= 15 is 0 Å². The van der Waals surface area contributed by atoms with Crippen molar-refractivity contribution in [1.29, 1.82) is 0 Å². The third kappa shape index (κ3) is 2.42. The number of nitrogens with two attached hydrogens (primary N) is 1. The first kappa shape index (κ1) is 12.7. The molecule has 16 heavy (non-hydrogen) atoms. The van der Waals surface area contributed by atoms with Crippen LogP contribution in [0.1, 0.15) is 25.0 Å². The van der Waals surface area contributed by atoms with Crippen molar-refractivity contribution in [2.45, 2.75) is 26.7 Å². The number of carbonyl (C=O) groups is 1. The lowest BCUT2D eigenvalue weighted by Gasteiger charge is -2.23. The molecule has 1 rings (SSSR count). The molecule has 3 nitrogen and oxygen atoms in total. The number of benzene rings is 1. The average molecular weight is 220 g/mol. The second-order valence-corrected chi connectivity index (χ2v) is 3.79. The zero-order valence-electron chi connectivity index (χ0n) is 10.3. The quantitative estimate of drug-likeness (QED) is 0.840. The second kappa shape index (κ2) is 5.66. The van der Waals surface area contributed by atoms with Gasteiger partial charge >= 0.3 is 0 Å². The van der Waals surface area contributed by atoms with Crippen LogP contribution in [-0.4, -0.2) is 19.5 Å². The van der Waals surface area contributed by atoms with E-state index in [0.717, 1.165) is 18.5 Å². The molecule has 0 heterocycles. The predicted octanol–water partition coefficient (Wildman–Crippen LogP) is 1.73. The van der Waals surface area contributed by atoms with E-state index in [1.165, 1.54) is 11.1 Å². The predicted molar refractivity (Wildman–Crippen MR) is 67.7 cm³/mol. The van der Waals surface area contributed by atoms with Crippen LogP contribution in [0.4, 0.5) is 5.69 Å². The van der Waals surface area contributed by atoms with Crippen LogP contribution < -0.4 is 10.6 Å². The number of likely N-dealkylation sites (N-methyl/N-ethyl adjacent to an activating group) is 1. The molecule has 1 aromatic rings. The first-order valence-electron chi connectivity index (χ1n) is 5.73. The second-order valence-electron chi connectivity index (χ2n) is 3.79. The lowest BCUT2D eigenvalue weighted by atomic mass is 10.0. The highest BCUT2D eigenvalue weighted by Gasteiger charge is 2.15. The summed E-state index contributed by atoms with van der Waals surface area (Å²) in [6, 6.07) is 6.17. The molecule has 0 aliphatic rings. The van der Waals surface area contributed by atoms with Crippen molar-refractivity contribution >= 4 is 11.6 Å². The van der Waals surface area contributed by atoms with Crippen molar-refractivity contribution in [3.63, 3.8) is 0 Å². The van der Waals surface area contributed by atoms with Crippen molar-refractivity contribution in [3.05, 3.63) is 29.3 Å². The fraction of sp³-hybridized carbons (Fsp3) is 0.462. The zero-order valence-corrected chi connectivity index (χ0v) is 10.3. The largest absolute Gasteiger partial charge is 0.322 e. The maximum Gasteiger partial charge on any atom is 0.240 e. The Morgan fingerprint density at radius 1 is 1.25 bits per heavy atom. The van der Waals surface area contributed by atoms with Gasteiger partial charge in [0.15, 0.2) is 0 Å². The third-order valence-electron chi connectivity index (χ3n) is 2.85. The maximum atomic E-state index is 11.6. The molecular weight excluding hydrogens is 200 g/mol. The highest BCUT2D eigenvalue weighted by Crippen LogP contribution is 2.25. The molecule has 1 amide bonds. The fourth-order valence-electron chi connectivity index (χ4n) is 1.91. The molecule has 0 radical (unpaired) electrons. The molecule has 0 saturated carbocycles. The summed E-state index contributed by atoms with van der Waals surface area (Å²) in [5.41, 5.74) is 8.83. The van der Waals surface area contributed by atoms with Gasteiger partial charge in [-0.15, -0.1) is 0 Å². The average Bonchev–Trinajstić information content (AvgIpc) is 2.35. The van der Waals surface area contributed by atoms with Crippen LogP contribution in [0, 0.1) is 0 Å². The fourth-order valence-corrected chi connectivity index (χ4v) is 1.91. The van der Waals surface area contributed by atoms with E-state index in [1.54, 1.807) is 11.9 Å². The van der Waals surface area contributed by atoms with E-state index < -0.39 is 0 Å². The minimum Gasteiger partial charge on any atom is -0.322 e. The van der Waals surface area contributed by atoms with Crippen LogP contribution >= 0.6 is 0 Å². The highest BCUT2D eigenvalue weighted by molar-refractivity contribution is 5.95. The molecule has 0 aliphatic heterocycles. The van der Waals surface area contributed by atoms with Crippen LogP contribution in [0.3, 0.4) is 0 Å². The van der Waals surface area contributed by atoms with E-state index in [9.17, 15) is 4.79 Å². The molecule has 0 aliphatic carbocycles. The monoisotopic (exact) mass is 220 g/mol. The molecule has 0 unspecified atom stereocenters. The van der Waals surface area contributed by atoms with Crippen LogP contribution in [0.2, 0.25) is 0 Å². The Bertz CT molecular complexity index is 352. The molecule has 0 bridgehead atoms.